The highest BCUT2D eigenvalue weighted by Crippen LogP contribution is 2.13. The van der Waals surface area contributed by atoms with E-state index in [1.807, 2.05) is 36.7 Å². The topological polar surface area (TPSA) is 33.2 Å². The van der Waals surface area contributed by atoms with E-state index in [-0.39, 0.29) is 5.91 Å². The first-order chi connectivity index (χ1) is 8.66. The average molecular weight is 325 g/mol. The Hall–Kier alpha value is -1.20. The Morgan fingerprint density at radius 1 is 1.50 bits per heavy atom. The van der Waals surface area contributed by atoms with Crippen LogP contribution >= 0.6 is 27.3 Å². The molecule has 0 saturated heterocycles. The van der Waals surface area contributed by atoms with Crippen molar-refractivity contribution in [1.82, 2.24) is 9.88 Å². The van der Waals surface area contributed by atoms with Crippen molar-refractivity contribution in [2.45, 2.75) is 6.42 Å². The Bertz CT molecular complexity index is 528. The molecule has 0 atom stereocenters. The van der Waals surface area contributed by atoms with Gasteiger partial charge in [-0.2, -0.15) is 0 Å². The van der Waals surface area contributed by atoms with Crippen molar-refractivity contribution in [3.05, 3.63) is 50.9 Å². The smallest absolute Gasteiger partial charge is 0.253 e. The van der Waals surface area contributed by atoms with Crippen molar-refractivity contribution in [2.75, 3.05) is 13.6 Å². The van der Waals surface area contributed by atoms with Crippen molar-refractivity contribution in [1.29, 1.82) is 0 Å². The van der Waals surface area contributed by atoms with Gasteiger partial charge in [-0.25, -0.2) is 4.98 Å². The first-order valence-electron chi connectivity index (χ1n) is 5.56. The monoisotopic (exact) mass is 324 g/mol. The molecule has 2 rings (SSSR count). The number of hydrogen-bond acceptors (Lipinski definition) is 3. The Balaban J connectivity index is 1.96. The maximum Gasteiger partial charge on any atom is 0.253 e. The number of rotatable bonds is 4. The van der Waals surface area contributed by atoms with Crippen LogP contribution in [0.15, 0.2) is 40.3 Å². The van der Waals surface area contributed by atoms with Gasteiger partial charge in [-0.3, -0.25) is 4.79 Å². The van der Waals surface area contributed by atoms with Crippen molar-refractivity contribution < 1.29 is 4.79 Å². The van der Waals surface area contributed by atoms with E-state index in [0.29, 0.717) is 12.1 Å². The van der Waals surface area contributed by atoms with E-state index < -0.39 is 0 Å². The predicted molar refractivity (Wildman–Crippen MR) is 76.9 cm³/mol. The Morgan fingerprint density at radius 3 is 3.00 bits per heavy atom. The van der Waals surface area contributed by atoms with Crippen LogP contribution < -0.4 is 0 Å². The van der Waals surface area contributed by atoms with Crippen LogP contribution in [0.1, 0.15) is 15.4 Å². The quantitative estimate of drug-likeness (QED) is 0.865. The average Bonchev–Trinajstić information content (AvgIpc) is 2.88. The molecule has 18 heavy (non-hydrogen) atoms. The van der Waals surface area contributed by atoms with Crippen molar-refractivity contribution >= 4 is 33.2 Å². The molecule has 0 N–H and O–H groups in total. The summed E-state index contributed by atoms with van der Waals surface area (Å²) >= 11 is 4.99. The van der Waals surface area contributed by atoms with E-state index >= 15 is 0 Å². The number of carbonyl (C=O) groups is 1. The van der Waals surface area contributed by atoms with Crippen LogP contribution in [-0.2, 0) is 6.42 Å². The molecule has 2 aromatic rings. The molecule has 1 aromatic heterocycles. The van der Waals surface area contributed by atoms with Crippen LogP contribution in [0.25, 0.3) is 0 Å². The largest absolute Gasteiger partial charge is 0.341 e. The number of nitrogens with zero attached hydrogens (tertiary/aromatic N) is 2. The van der Waals surface area contributed by atoms with Gasteiger partial charge in [0.2, 0.25) is 0 Å². The lowest BCUT2D eigenvalue weighted by Gasteiger charge is -2.16. The zero-order valence-electron chi connectivity index (χ0n) is 9.97. The number of benzene rings is 1. The van der Waals surface area contributed by atoms with Crippen LogP contribution in [0.2, 0.25) is 0 Å². The fraction of sp³-hybridized carbons (Fsp3) is 0.231. The second-order valence-electron chi connectivity index (χ2n) is 3.91. The molecule has 0 saturated carbocycles. The molecule has 0 unspecified atom stereocenters. The summed E-state index contributed by atoms with van der Waals surface area (Å²) in [5.74, 6) is 0.0351. The SMILES string of the molecule is CN(CCc1nccs1)C(=O)c1cccc(Br)c1. The second-order valence-corrected chi connectivity index (χ2v) is 5.81. The van der Waals surface area contributed by atoms with Crippen LogP contribution in [0, 0.1) is 0 Å². The molecule has 5 heteroatoms. The molecule has 1 heterocycles. The minimum Gasteiger partial charge on any atom is -0.341 e. The van der Waals surface area contributed by atoms with E-state index in [1.165, 1.54) is 0 Å². The number of likely N-dealkylation sites (N-methyl/N-ethyl adjacent to an activating group) is 1. The van der Waals surface area contributed by atoms with Gasteiger partial charge >= 0.3 is 0 Å². The highest BCUT2D eigenvalue weighted by Gasteiger charge is 2.12. The highest BCUT2D eigenvalue weighted by molar-refractivity contribution is 9.10. The molecule has 3 nitrogen and oxygen atoms in total. The Labute approximate surface area is 119 Å². The summed E-state index contributed by atoms with van der Waals surface area (Å²) in [6, 6.07) is 7.44. The fourth-order valence-electron chi connectivity index (χ4n) is 1.58. The molecule has 0 radical (unpaired) electrons. The highest BCUT2D eigenvalue weighted by atomic mass is 79.9. The standard InChI is InChI=1S/C13H13BrN2OS/c1-16(7-5-12-15-6-8-18-12)13(17)10-3-2-4-11(14)9-10/h2-4,6,8-9H,5,7H2,1H3. The molecule has 94 valence electrons. The first kappa shape index (κ1) is 13.2. The summed E-state index contributed by atoms with van der Waals surface area (Å²) in [5.41, 5.74) is 0.700. The molecule has 1 amide bonds. The van der Waals surface area contributed by atoms with E-state index in [9.17, 15) is 4.79 Å². The number of aromatic nitrogens is 1. The minimum atomic E-state index is 0.0351. The summed E-state index contributed by atoms with van der Waals surface area (Å²) in [6.45, 7) is 0.679. The summed E-state index contributed by atoms with van der Waals surface area (Å²) in [5, 5.41) is 3.01. The lowest BCUT2D eigenvalue weighted by atomic mass is 10.2. The molecular weight excluding hydrogens is 312 g/mol. The summed E-state index contributed by atoms with van der Waals surface area (Å²) in [6.07, 6.45) is 2.59. The zero-order valence-corrected chi connectivity index (χ0v) is 12.4. The van der Waals surface area contributed by atoms with E-state index in [2.05, 4.69) is 20.9 Å². The summed E-state index contributed by atoms with van der Waals surface area (Å²) < 4.78 is 0.918. The summed E-state index contributed by atoms with van der Waals surface area (Å²) in [7, 11) is 1.82. The molecule has 0 aliphatic carbocycles. The number of amides is 1. The van der Waals surface area contributed by atoms with Crippen molar-refractivity contribution in [3.8, 4) is 0 Å². The van der Waals surface area contributed by atoms with Gasteiger partial charge in [-0.15, -0.1) is 11.3 Å². The number of halogens is 1. The number of thiazole rings is 1. The maximum absolute atomic E-state index is 12.1. The van der Waals surface area contributed by atoms with Gasteiger partial charge in [0, 0.05) is 41.6 Å². The fourth-order valence-corrected chi connectivity index (χ4v) is 2.59. The lowest BCUT2D eigenvalue weighted by Crippen LogP contribution is -2.28. The molecular formula is C13H13BrN2OS. The third-order valence-corrected chi connectivity index (χ3v) is 3.90. The van der Waals surface area contributed by atoms with Crippen LogP contribution in [0.5, 0.6) is 0 Å². The molecule has 0 spiro atoms. The maximum atomic E-state index is 12.1. The van der Waals surface area contributed by atoms with Crippen LogP contribution in [-0.4, -0.2) is 29.4 Å². The van der Waals surface area contributed by atoms with Gasteiger partial charge in [-0.1, -0.05) is 22.0 Å². The van der Waals surface area contributed by atoms with E-state index in [4.69, 9.17) is 0 Å². The van der Waals surface area contributed by atoms with Crippen LogP contribution in [0.3, 0.4) is 0 Å². The third kappa shape index (κ3) is 3.40. The Kier molecular flexibility index (Phi) is 4.49. The van der Waals surface area contributed by atoms with Gasteiger partial charge in [0.15, 0.2) is 0 Å². The van der Waals surface area contributed by atoms with E-state index in [1.54, 1.807) is 22.4 Å². The number of carbonyl (C=O) groups excluding carboxylic acids is 1. The zero-order chi connectivity index (χ0) is 13.0. The van der Waals surface area contributed by atoms with Gasteiger partial charge in [0.05, 0.1) is 5.01 Å². The van der Waals surface area contributed by atoms with Gasteiger partial charge < -0.3 is 4.90 Å². The van der Waals surface area contributed by atoms with Crippen LogP contribution in [0.4, 0.5) is 0 Å². The lowest BCUT2D eigenvalue weighted by molar-refractivity contribution is 0.0796. The van der Waals surface area contributed by atoms with E-state index in [0.717, 1.165) is 15.9 Å². The van der Waals surface area contributed by atoms with Crippen molar-refractivity contribution in [3.63, 3.8) is 0 Å². The molecule has 0 bridgehead atoms. The Morgan fingerprint density at radius 2 is 2.33 bits per heavy atom. The summed E-state index contributed by atoms with van der Waals surface area (Å²) in [4.78, 5) is 18.1. The normalized spacial score (nSPS) is 10.3. The van der Waals surface area contributed by atoms with Gasteiger partial charge in [0.25, 0.3) is 5.91 Å². The molecule has 0 aliphatic rings. The third-order valence-electron chi connectivity index (χ3n) is 2.56. The molecule has 1 aromatic carbocycles. The number of hydrogen-bond donors (Lipinski definition) is 0. The minimum absolute atomic E-state index is 0.0351. The predicted octanol–water partition coefficient (Wildman–Crippen LogP) is 3.22. The first-order valence-corrected chi connectivity index (χ1v) is 7.23. The van der Waals surface area contributed by atoms with Crippen molar-refractivity contribution in [2.24, 2.45) is 0 Å². The van der Waals surface area contributed by atoms with Gasteiger partial charge in [0.1, 0.15) is 0 Å². The van der Waals surface area contributed by atoms with Gasteiger partial charge in [-0.05, 0) is 18.2 Å². The second kappa shape index (κ2) is 6.11. The molecule has 0 fully saturated rings. The molecule has 0 aliphatic heterocycles.